The summed E-state index contributed by atoms with van der Waals surface area (Å²) in [5, 5.41) is 0. The summed E-state index contributed by atoms with van der Waals surface area (Å²) in [6, 6.07) is 7.23. The van der Waals surface area contributed by atoms with E-state index < -0.39 is 11.8 Å². The van der Waals surface area contributed by atoms with Crippen molar-refractivity contribution in [2.24, 2.45) is 5.92 Å². The molecule has 0 unspecified atom stereocenters. The van der Waals surface area contributed by atoms with Crippen LogP contribution in [-0.2, 0) is 0 Å². The van der Waals surface area contributed by atoms with Crippen LogP contribution < -0.4 is 4.74 Å². The van der Waals surface area contributed by atoms with Crippen molar-refractivity contribution in [2.75, 3.05) is 6.61 Å². The Morgan fingerprint density at radius 1 is 1.43 bits per heavy atom. The van der Waals surface area contributed by atoms with E-state index in [-0.39, 0.29) is 13.0 Å². The lowest BCUT2D eigenvalue weighted by Crippen LogP contribution is -2.05. The molecule has 0 amide bonds. The largest absolute Gasteiger partial charge is 0.492 e. The Bertz CT molecular complexity index is 341. The Morgan fingerprint density at radius 2 is 2.07 bits per heavy atom. The summed E-state index contributed by atoms with van der Waals surface area (Å²) in [6.07, 6.45) is -0.0442. The fourth-order valence-corrected chi connectivity index (χ4v) is 1.60. The van der Waals surface area contributed by atoms with Crippen molar-refractivity contribution in [1.82, 2.24) is 0 Å². The molecule has 0 aromatic heterocycles. The van der Waals surface area contributed by atoms with Gasteiger partial charge in [-0.1, -0.05) is 12.1 Å². The monoisotopic (exact) mass is 262 g/mol. The quantitative estimate of drug-likeness (QED) is 0.811. The molecular weight excluding hydrogens is 254 g/mol. The third-order valence-corrected chi connectivity index (χ3v) is 2.89. The van der Waals surface area contributed by atoms with Gasteiger partial charge in [0.1, 0.15) is 5.75 Å². The average molecular weight is 263 g/mol. The predicted octanol–water partition coefficient (Wildman–Crippen LogP) is 3.48. The van der Waals surface area contributed by atoms with Crippen LogP contribution in [-0.4, -0.2) is 12.5 Å². The van der Waals surface area contributed by atoms with Gasteiger partial charge in [0.2, 0.25) is 0 Å². The van der Waals surface area contributed by atoms with Crippen LogP contribution in [0, 0.1) is 5.92 Å². The summed E-state index contributed by atoms with van der Waals surface area (Å²) in [5.41, 5.74) is 0. The molecule has 1 fully saturated rings. The van der Waals surface area contributed by atoms with Gasteiger partial charge >= 0.3 is 0 Å². The molecule has 1 aliphatic rings. The summed E-state index contributed by atoms with van der Waals surface area (Å²) in [5.74, 6) is -2.48. The van der Waals surface area contributed by atoms with Crippen molar-refractivity contribution in [3.8, 4) is 5.75 Å². The molecule has 4 heteroatoms. The maximum Gasteiger partial charge on any atom is 0.255 e. The average Bonchev–Trinajstić information content (AvgIpc) is 2.73. The molecule has 1 saturated carbocycles. The van der Waals surface area contributed by atoms with E-state index in [0.717, 1.165) is 4.47 Å². The van der Waals surface area contributed by atoms with Crippen molar-refractivity contribution in [3.05, 3.63) is 28.7 Å². The zero-order valence-electron chi connectivity index (χ0n) is 7.34. The number of halogens is 3. The van der Waals surface area contributed by atoms with Gasteiger partial charge in [-0.3, -0.25) is 0 Å². The minimum absolute atomic E-state index is 0.0442. The molecular formula is C10H9BrF2O. The molecule has 0 spiro atoms. The van der Waals surface area contributed by atoms with E-state index in [2.05, 4.69) is 15.9 Å². The fourth-order valence-electron chi connectivity index (χ4n) is 1.20. The Kier molecular flexibility index (Phi) is 2.47. The normalized spacial score (nSPS) is 23.2. The molecule has 14 heavy (non-hydrogen) atoms. The zero-order chi connectivity index (χ0) is 10.2. The first kappa shape index (κ1) is 9.90. The van der Waals surface area contributed by atoms with Crippen molar-refractivity contribution in [3.63, 3.8) is 0 Å². The van der Waals surface area contributed by atoms with Gasteiger partial charge in [0.15, 0.2) is 0 Å². The fraction of sp³-hybridized carbons (Fsp3) is 0.400. The van der Waals surface area contributed by atoms with Crippen molar-refractivity contribution in [1.29, 1.82) is 0 Å². The summed E-state index contributed by atoms with van der Waals surface area (Å²) >= 11 is 3.28. The number of alkyl halides is 2. The molecule has 1 aliphatic carbocycles. The van der Waals surface area contributed by atoms with E-state index in [1.807, 2.05) is 18.2 Å². The topological polar surface area (TPSA) is 9.23 Å². The van der Waals surface area contributed by atoms with Crippen LogP contribution in [0.4, 0.5) is 8.78 Å². The number of rotatable bonds is 3. The number of benzene rings is 1. The zero-order valence-corrected chi connectivity index (χ0v) is 8.93. The molecule has 0 aliphatic heterocycles. The highest BCUT2D eigenvalue weighted by molar-refractivity contribution is 9.10. The molecule has 1 atom stereocenters. The maximum atomic E-state index is 12.5. The van der Waals surface area contributed by atoms with Gasteiger partial charge in [-0.05, 0) is 28.1 Å². The first-order chi connectivity index (χ1) is 6.59. The second-order valence-corrected chi connectivity index (χ2v) is 4.26. The number of para-hydroxylation sites is 1. The summed E-state index contributed by atoms with van der Waals surface area (Å²) in [6.45, 7) is 0.0929. The molecule has 1 nitrogen and oxygen atoms in total. The van der Waals surface area contributed by atoms with Crippen LogP contribution in [0.3, 0.4) is 0 Å². The van der Waals surface area contributed by atoms with Crippen LogP contribution in [0.2, 0.25) is 0 Å². The van der Waals surface area contributed by atoms with Crippen molar-refractivity contribution in [2.45, 2.75) is 12.3 Å². The maximum absolute atomic E-state index is 12.5. The Hall–Kier alpha value is -0.640. The summed E-state index contributed by atoms with van der Waals surface area (Å²) in [4.78, 5) is 0. The van der Waals surface area contributed by atoms with Crippen LogP contribution in [0.1, 0.15) is 6.42 Å². The van der Waals surface area contributed by atoms with Crippen molar-refractivity contribution < 1.29 is 13.5 Å². The first-order valence-electron chi connectivity index (χ1n) is 4.35. The van der Waals surface area contributed by atoms with E-state index >= 15 is 0 Å². The van der Waals surface area contributed by atoms with Gasteiger partial charge in [-0.25, -0.2) is 8.78 Å². The third kappa shape index (κ3) is 2.05. The second kappa shape index (κ2) is 3.50. The third-order valence-electron chi connectivity index (χ3n) is 2.23. The van der Waals surface area contributed by atoms with E-state index in [9.17, 15) is 8.78 Å². The molecule has 0 saturated heterocycles. The highest BCUT2D eigenvalue weighted by Crippen LogP contribution is 2.48. The minimum atomic E-state index is -2.50. The predicted molar refractivity (Wildman–Crippen MR) is 52.7 cm³/mol. The molecule has 0 radical (unpaired) electrons. The van der Waals surface area contributed by atoms with E-state index in [0.29, 0.717) is 5.75 Å². The lowest BCUT2D eigenvalue weighted by molar-refractivity contribution is 0.0855. The van der Waals surface area contributed by atoms with Gasteiger partial charge in [0.25, 0.3) is 5.92 Å². The van der Waals surface area contributed by atoms with Gasteiger partial charge in [-0.15, -0.1) is 0 Å². The van der Waals surface area contributed by atoms with Crippen LogP contribution in [0.15, 0.2) is 28.7 Å². The minimum Gasteiger partial charge on any atom is -0.492 e. The number of hydrogen-bond donors (Lipinski definition) is 0. The van der Waals surface area contributed by atoms with Gasteiger partial charge in [0.05, 0.1) is 17.0 Å². The highest BCUT2D eigenvalue weighted by atomic mass is 79.9. The summed E-state index contributed by atoms with van der Waals surface area (Å²) in [7, 11) is 0. The molecule has 1 aromatic rings. The Morgan fingerprint density at radius 3 is 2.64 bits per heavy atom. The van der Waals surface area contributed by atoms with Gasteiger partial charge in [-0.2, -0.15) is 0 Å². The van der Waals surface area contributed by atoms with E-state index in [1.54, 1.807) is 6.07 Å². The molecule has 76 valence electrons. The molecule has 0 bridgehead atoms. The van der Waals surface area contributed by atoms with E-state index in [1.165, 1.54) is 0 Å². The Labute approximate surface area is 89.2 Å². The Balaban J connectivity index is 1.90. The SMILES string of the molecule is FC1(F)C[C@@H]1COc1ccccc1Br. The lowest BCUT2D eigenvalue weighted by atomic mass is 10.3. The van der Waals surface area contributed by atoms with Gasteiger partial charge in [0, 0.05) is 6.42 Å². The molecule has 2 rings (SSSR count). The molecule has 0 heterocycles. The van der Waals surface area contributed by atoms with Crippen LogP contribution in [0.25, 0.3) is 0 Å². The first-order valence-corrected chi connectivity index (χ1v) is 5.14. The lowest BCUT2D eigenvalue weighted by Gasteiger charge is -2.06. The van der Waals surface area contributed by atoms with Crippen LogP contribution >= 0.6 is 15.9 Å². The van der Waals surface area contributed by atoms with Crippen molar-refractivity contribution >= 4 is 15.9 Å². The number of hydrogen-bond acceptors (Lipinski definition) is 1. The molecule has 0 N–H and O–H groups in total. The van der Waals surface area contributed by atoms with Crippen LogP contribution in [0.5, 0.6) is 5.75 Å². The smallest absolute Gasteiger partial charge is 0.255 e. The standard InChI is InChI=1S/C10H9BrF2O/c11-8-3-1-2-4-9(8)14-6-7-5-10(7,12)13/h1-4,7H,5-6H2/t7-/m1/s1. The van der Waals surface area contributed by atoms with Gasteiger partial charge < -0.3 is 4.74 Å². The highest BCUT2D eigenvalue weighted by Gasteiger charge is 2.57. The molecule has 1 aromatic carbocycles. The second-order valence-electron chi connectivity index (χ2n) is 3.40. The number of ether oxygens (including phenoxy) is 1. The van der Waals surface area contributed by atoms with E-state index in [4.69, 9.17) is 4.74 Å². The summed E-state index contributed by atoms with van der Waals surface area (Å²) < 4.78 is 31.1.